The van der Waals surface area contributed by atoms with Gasteiger partial charge in [0.1, 0.15) is 0 Å². The Morgan fingerprint density at radius 2 is 1.96 bits per heavy atom. The van der Waals surface area contributed by atoms with E-state index in [9.17, 15) is 9.90 Å². The smallest absolute Gasteiger partial charge is 0.230 e. The second-order valence-electron chi connectivity index (χ2n) is 9.47. The molecule has 0 saturated heterocycles. The zero-order valence-corrected chi connectivity index (χ0v) is 16.3. The van der Waals surface area contributed by atoms with Gasteiger partial charge in [0.05, 0.1) is 17.1 Å². The molecular weight excluding hydrogens is 326 g/mol. The van der Waals surface area contributed by atoms with Crippen LogP contribution in [0.2, 0.25) is 0 Å². The quantitative estimate of drug-likeness (QED) is 0.863. The molecule has 1 aromatic carbocycles. The Kier molecular flexibility index (Phi) is 3.75. The Bertz CT molecular complexity index is 858. The summed E-state index contributed by atoms with van der Waals surface area (Å²) >= 11 is 0. The molecule has 26 heavy (non-hydrogen) atoms. The zero-order valence-electron chi connectivity index (χ0n) is 16.3. The van der Waals surface area contributed by atoms with Gasteiger partial charge in [-0.3, -0.25) is 10.1 Å². The van der Waals surface area contributed by atoms with E-state index < -0.39 is 6.10 Å². The molecule has 3 aliphatic rings. The van der Waals surface area contributed by atoms with E-state index in [0.717, 1.165) is 41.8 Å². The monoisotopic (exact) mass is 355 g/mol. The number of rotatable bonds is 4. The first-order valence-corrected chi connectivity index (χ1v) is 9.62. The maximum absolute atomic E-state index is 12.8. The van der Waals surface area contributed by atoms with Crippen molar-refractivity contribution >= 4 is 22.9 Å². The average molecular weight is 355 g/mol. The lowest BCUT2D eigenvalue weighted by Gasteiger charge is -2.62. The molecular formula is C21H29N3O2. The van der Waals surface area contributed by atoms with E-state index in [4.69, 9.17) is 4.98 Å². The van der Waals surface area contributed by atoms with Crippen molar-refractivity contribution in [3.05, 3.63) is 23.8 Å². The molecule has 140 valence electrons. The van der Waals surface area contributed by atoms with Crippen molar-refractivity contribution < 1.29 is 9.90 Å². The number of nitrogens with zero attached hydrogens (tertiary/aromatic N) is 2. The molecule has 5 rings (SSSR count). The second kappa shape index (κ2) is 5.56. The molecule has 0 aliphatic heterocycles. The molecule has 3 saturated carbocycles. The Morgan fingerprint density at radius 1 is 1.31 bits per heavy atom. The van der Waals surface area contributed by atoms with Gasteiger partial charge < -0.3 is 9.67 Å². The van der Waals surface area contributed by atoms with Crippen LogP contribution in [0.1, 0.15) is 65.5 Å². The summed E-state index contributed by atoms with van der Waals surface area (Å²) in [6.45, 7) is 9.98. The van der Waals surface area contributed by atoms with E-state index in [0.29, 0.717) is 5.95 Å². The SMILES string of the molecule is CC(O)c1ccc2nc(NC(=O)[C@@H](C)C(C)(C)C)n(C34CC(C3)C4)c2c1. The van der Waals surface area contributed by atoms with Gasteiger partial charge in [-0.25, -0.2) is 4.98 Å². The highest BCUT2D eigenvalue weighted by atomic mass is 16.3. The Balaban J connectivity index is 1.77. The molecule has 1 unspecified atom stereocenters. The number of amides is 1. The van der Waals surface area contributed by atoms with Gasteiger partial charge in [-0.15, -0.1) is 0 Å². The number of hydrogen-bond acceptors (Lipinski definition) is 3. The summed E-state index contributed by atoms with van der Waals surface area (Å²) in [6, 6.07) is 5.88. The number of anilines is 1. The molecule has 3 aliphatic carbocycles. The van der Waals surface area contributed by atoms with Gasteiger partial charge in [0.2, 0.25) is 11.9 Å². The fraction of sp³-hybridized carbons (Fsp3) is 0.619. The fourth-order valence-electron chi connectivity index (χ4n) is 4.23. The predicted molar refractivity (Wildman–Crippen MR) is 103 cm³/mol. The third-order valence-electron chi connectivity index (χ3n) is 6.57. The van der Waals surface area contributed by atoms with Gasteiger partial charge >= 0.3 is 0 Å². The Morgan fingerprint density at radius 3 is 2.46 bits per heavy atom. The van der Waals surface area contributed by atoms with Crippen LogP contribution in [-0.2, 0) is 10.3 Å². The molecule has 5 nitrogen and oxygen atoms in total. The average Bonchev–Trinajstić information content (AvgIpc) is 2.80. The summed E-state index contributed by atoms with van der Waals surface area (Å²) in [7, 11) is 0. The topological polar surface area (TPSA) is 67.2 Å². The van der Waals surface area contributed by atoms with Crippen LogP contribution in [0.25, 0.3) is 11.0 Å². The molecule has 1 heterocycles. The van der Waals surface area contributed by atoms with Crippen molar-refractivity contribution in [1.29, 1.82) is 0 Å². The fourth-order valence-corrected chi connectivity index (χ4v) is 4.23. The van der Waals surface area contributed by atoms with Crippen LogP contribution in [0.5, 0.6) is 0 Å². The van der Waals surface area contributed by atoms with E-state index >= 15 is 0 Å². The van der Waals surface area contributed by atoms with Gasteiger partial charge in [0.15, 0.2) is 0 Å². The van der Waals surface area contributed by atoms with Crippen LogP contribution in [-0.4, -0.2) is 20.6 Å². The molecule has 0 radical (unpaired) electrons. The molecule has 3 fully saturated rings. The lowest BCUT2D eigenvalue weighted by Crippen LogP contribution is -2.59. The van der Waals surface area contributed by atoms with E-state index in [1.807, 2.05) is 25.1 Å². The second-order valence-corrected chi connectivity index (χ2v) is 9.47. The Hall–Kier alpha value is -1.88. The molecule has 2 aromatic rings. The predicted octanol–water partition coefficient (Wildman–Crippen LogP) is 4.22. The first kappa shape index (κ1) is 17.5. The number of imidazole rings is 1. The molecule has 5 heteroatoms. The van der Waals surface area contributed by atoms with Crippen LogP contribution < -0.4 is 5.32 Å². The maximum Gasteiger partial charge on any atom is 0.230 e. The summed E-state index contributed by atoms with van der Waals surface area (Å²) in [5.41, 5.74) is 2.77. The first-order valence-electron chi connectivity index (χ1n) is 9.62. The molecule has 1 aromatic heterocycles. The minimum atomic E-state index is -0.519. The van der Waals surface area contributed by atoms with Gasteiger partial charge in [0.25, 0.3) is 0 Å². The van der Waals surface area contributed by atoms with Crippen molar-refractivity contribution in [3.8, 4) is 0 Å². The standard InChI is InChI=1S/C21H29N3O2/c1-12(20(3,4)5)18(26)23-19-22-16-7-6-15(13(2)25)8-17(16)24(19)21-9-14(10-21)11-21/h6-8,12-14,25H,9-11H2,1-5H3,(H,22,23,26)/t12-,13?,14?,21?/m1/s1. The van der Waals surface area contributed by atoms with Crippen molar-refractivity contribution in [1.82, 2.24) is 9.55 Å². The number of aromatic nitrogens is 2. The number of hydrogen-bond donors (Lipinski definition) is 2. The molecule has 2 atom stereocenters. The largest absolute Gasteiger partial charge is 0.389 e. The van der Waals surface area contributed by atoms with Crippen molar-refractivity contribution in [2.24, 2.45) is 17.3 Å². The van der Waals surface area contributed by atoms with Gasteiger partial charge in [-0.05, 0) is 55.2 Å². The summed E-state index contributed by atoms with van der Waals surface area (Å²) in [5.74, 6) is 1.37. The van der Waals surface area contributed by atoms with Crippen LogP contribution in [0.4, 0.5) is 5.95 Å². The summed E-state index contributed by atoms with van der Waals surface area (Å²) < 4.78 is 2.24. The van der Waals surface area contributed by atoms with E-state index in [1.54, 1.807) is 6.92 Å². The summed E-state index contributed by atoms with van der Waals surface area (Å²) in [5, 5.41) is 13.1. The highest BCUT2D eigenvalue weighted by Gasteiger charge is 2.59. The first-order chi connectivity index (χ1) is 12.1. The minimum Gasteiger partial charge on any atom is -0.389 e. The number of nitrogens with one attached hydrogen (secondary N) is 1. The highest BCUT2D eigenvalue weighted by Crippen LogP contribution is 2.63. The zero-order chi connectivity index (χ0) is 18.9. The van der Waals surface area contributed by atoms with Crippen LogP contribution >= 0.6 is 0 Å². The molecule has 2 bridgehead atoms. The highest BCUT2D eigenvalue weighted by molar-refractivity contribution is 5.93. The summed E-state index contributed by atoms with van der Waals surface area (Å²) in [6.07, 6.45) is 2.97. The van der Waals surface area contributed by atoms with Crippen LogP contribution in [0.15, 0.2) is 18.2 Å². The third-order valence-corrected chi connectivity index (χ3v) is 6.57. The maximum atomic E-state index is 12.8. The lowest BCUT2D eigenvalue weighted by atomic mass is 9.49. The van der Waals surface area contributed by atoms with E-state index in [2.05, 4.69) is 30.7 Å². The molecule has 0 spiro atoms. The molecule has 2 N–H and O–H groups in total. The van der Waals surface area contributed by atoms with Gasteiger partial charge in [0, 0.05) is 11.5 Å². The number of benzene rings is 1. The Labute approximate surface area is 154 Å². The van der Waals surface area contributed by atoms with Gasteiger partial charge in [-0.2, -0.15) is 0 Å². The van der Waals surface area contributed by atoms with E-state index in [-0.39, 0.29) is 22.8 Å². The van der Waals surface area contributed by atoms with Crippen molar-refractivity contribution in [2.45, 2.75) is 65.5 Å². The summed E-state index contributed by atoms with van der Waals surface area (Å²) in [4.78, 5) is 17.5. The van der Waals surface area contributed by atoms with Crippen molar-refractivity contribution in [3.63, 3.8) is 0 Å². The van der Waals surface area contributed by atoms with Crippen LogP contribution in [0, 0.1) is 17.3 Å². The minimum absolute atomic E-state index is 0.0106. The van der Waals surface area contributed by atoms with E-state index in [1.165, 1.54) is 0 Å². The number of aliphatic hydroxyl groups is 1. The number of fused-ring (bicyclic) bond motifs is 1. The lowest BCUT2D eigenvalue weighted by molar-refractivity contribution is -0.122. The number of carbonyl (C=O) groups excluding carboxylic acids is 1. The van der Waals surface area contributed by atoms with Gasteiger partial charge in [-0.1, -0.05) is 33.8 Å². The third kappa shape index (κ3) is 2.56. The normalized spacial score (nSPS) is 26.8. The molecule has 1 amide bonds. The van der Waals surface area contributed by atoms with Crippen LogP contribution in [0.3, 0.4) is 0 Å². The number of aliphatic hydroxyl groups excluding tert-OH is 1. The van der Waals surface area contributed by atoms with Crippen molar-refractivity contribution in [2.75, 3.05) is 5.32 Å². The number of carbonyl (C=O) groups is 1.